The fourth-order valence-electron chi connectivity index (χ4n) is 2.72. The number of anilines is 2. The van der Waals surface area contributed by atoms with E-state index >= 15 is 0 Å². The van der Waals surface area contributed by atoms with Crippen LogP contribution in [0.1, 0.15) is 12.5 Å². The van der Waals surface area contributed by atoms with E-state index in [1.807, 2.05) is 6.92 Å². The van der Waals surface area contributed by atoms with E-state index in [0.29, 0.717) is 17.8 Å². The Kier molecular flexibility index (Phi) is 5.78. The summed E-state index contributed by atoms with van der Waals surface area (Å²) in [6.45, 7) is 2.32. The first-order valence-electron chi connectivity index (χ1n) is 8.67. The molecule has 152 valence electrons. The molecule has 0 saturated heterocycles. The Labute approximate surface area is 169 Å². The molecule has 0 bridgehead atoms. The van der Waals surface area contributed by atoms with E-state index < -0.39 is 17.2 Å². The standard InChI is InChI=1S/C18H19N5O5S/c1-3-19-17(27)21-11-6-4-10(5-7-11)9-23-15(24)13-14(22(2)18(23)28)20-8-12(29-13)16(25)26/h4-8,20H,3,9H2,1-2H3,(H,25,26)(H2,19,21,27). The number of aliphatic carboxylic acids is 1. The van der Waals surface area contributed by atoms with Gasteiger partial charge in [0.25, 0.3) is 5.56 Å². The SMILES string of the molecule is CCNC(=O)Nc1ccc(Cn2c(=O)c3c(n(C)c2=O)NC=C(C(=O)O)S3)cc1. The molecule has 4 N–H and O–H groups in total. The van der Waals surface area contributed by atoms with E-state index in [1.165, 1.54) is 17.8 Å². The first-order chi connectivity index (χ1) is 13.8. The summed E-state index contributed by atoms with van der Waals surface area (Å²) in [4.78, 5) is 48.4. The number of thioether (sulfide) groups is 1. The average Bonchev–Trinajstić information content (AvgIpc) is 2.70. The van der Waals surface area contributed by atoms with Crippen molar-refractivity contribution in [1.82, 2.24) is 14.5 Å². The van der Waals surface area contributed by atoms with Crippen molar-refractivity contribution in [3.8, 4) is 0 Å². The lowest BCUT2D eigenvalue weighted by molar-refractivity contribution is -0.131. The van der Waals surface area contributed by atoms with Crippen LogP contribution in [0.15, 0.2) is 49.9 Å². The van der Waals surface area contributed by atoms with Gasteiger partial charge in [0.2, 0.25) is 0 Å². The van der Waals surface area contributed by atoms with Gasteiger partial charge in [0.1, 0.15) is 15.6 Å². The minimum atomic E-state index is -1.16. The molecule has 10 nitrogen and oxygen atoms in total. The number of carbonyl (C=O) groups excluding carboxylic acids is 1. The molecule has 1 aliphatic rings. The summed E-state index contributed by atoms with van der Waals surface area (Å²) < 4.78 is 2.31. The molecule has 0 atom stereocenters. The third kappa shape index (κ3) is 4.19. The fraction of sp³-hybridized carbons (Fsp3) is 0.222. The van der Waals surface area contributed by atoms with E-state index in [1.54, 1.807) is 24.3 Å². The fourth-order valence-corrected chi connectivity index (χ4v) is 3.64. The molecule has 0 aliphatic carbocycles. The molecule has 2 amide bonds. The zero-order valence-electron chi connectivity index (χ0n) is 15.7. The van der Waals surface area contributed by atoms with Gasteiger partial charge in [-0.1, -0.05) is 23.9 Å². The second-order valence-electron chi connectivity index (χ2n) is 6.15. The third-order valence-electron chi connectivity index (χ3n) is 4.16. The normalized spacial score (nSPS) is 12.4. The van der Waals surface area contributed by atoms with Crippen LogP contribution in [-0.2, 0) is 18.4 Å². The molecule has 0 fully saturated rings. The molecule has 0 saturated carbocycles. The van der Waals surface area contributed by atoms with Crippen LogP contribution in [0.3, 0.4) is 0 Å². The van der Waals surface area contributed by atoms with Crippen LogP contribution in [0.5, 0.6) is 0 Å². The van der Waals surface area contributed by atoms with Crippen LogP contribution >= 0.6 is 11.8 Å². The summed E-state index contributed by atoms with van der Waals surface area (Å²) >= 11 is 0.805. The average molecular weight is 417 g/mol. The molecule has 0 spiro atoms. The van der Waals surface area contributed by atoms with Crippen LogP contribution in [0, 0.1) is 0 Å². The van der Waals surface area contributed by atoms with Crippen LogP contribution in [0.2, 0.25) is 0 Å². The van der Waals surface area contributed by atoms with Crippen molar-refractivity contribution in [3.63, 3.8) is 0 Å². The van der Waals surface area contributed by atoms with E-state index in [9.17, 15) is 19.2 Å². The van der Waals surface area contributed by atoms with Gasteiger partial charge in [-0.3, -0.25) is 13.9 Å². The molecular formula is C18H19N5O5S. The number of hydrogen-bond donors (Lipinski definition) is 4. The lowest BCUT2D eigenvalue weighted by atomic mass is 10.2. The largest absolute Gasteiger partial charge is 0.477 e. The zero-order chi connectivity index (χ0) is 21.1. The van der Waals surface area contributed by atoms with Crippen LogP contribution < -0.4 is 27.2 Å². The van der Waals surface area contributed by atoms with Gasteiger partial charge >= 0.3 is 17.7 Å². The van der Waals surface area contributed by atoms with Crippen molar-refractivity contribution in [2.75, 3.05) is 17.2 Å². The second kappa shape index (κ2) is 8.27. The van der Waals surface area contributed by atoms with Crippen LogP contribution in [-0.4, -0.2) is 32.8 Å². The summed E-state index contributed by atoms with van der Waals surface area (Å²) in [5, 5.41) is 17.2. The maximum Gasteiger partial charge on any atom is 0.344 e. The van der Waals surface area contributed by atoms with Gasteiger partial charge in [0.05, 0.1) is 6.54 Å². The minimum Gasteiger partial charge on any atom is -0.477 e. The summed E-state index contributed by atoms with van der Waals surface area (Å²) in [6.07, 6.45) is 1.25. The Bertz CT molecular complexity index is 1120. The van der Waals surface area contributed by atoms with Crippen LogP contribution in [0.25, 0.3) is 0 Å². The molecule has 11 heteroatoms. The Morgan fingerprint density at radius 1 is 1.21 bits per heavy atom. The molecule has 2 heterocycles. The molecule has 1 aromatic heterocycles. The van der Waals surface area contributed by atoms with Crippen LogP contribution in [0.4, 0.5) is 16.3 Å². The van der Waals surface area contributed by atoms with E-state index in [0.717, 1.165) is 16.3 Å². The van der Waals surface area contributed by atoms with Gasteiger partial charge in [-0.2, -0.15) is 0 Å². The number of hydrogen-bond acceptors (Lipinski definition) is 6. The number of urea groups is 1. The minimum absolute atomic E-state index is 0.00685. The number of carboxylic acid groups (broad SMARTS) is 1. The van der Waals surface area contributed by atoms with Gasteiger partial charge in [-0.05, 0) is 24.6 Å². The molecular weight excluding hydrogens is 398 g/mol. The molecule has 0 unspecified atom stereocenters. The summed E-state index contributed by atoms with van der Waals surface area (Å²) in [7, 11) is 1.50. The predicted molar refractivity (Wildman–Crippen MR) is 109 cm³/mol. The second-order valence-corrected chi connectivity index (χ2v) is 7.20. The number of rotatable bonds is 5. The van der Waals surface area contributed by atoms with Crippen molar-refractivity contribution in [2.24, 2.45) is 7.05 Å². The van der Waals surface area contributed by atoms with Crippen molar-refractivity contribution in [1.29, 1.82) is 0 Å². The van der Waals surface area contributed by atoms with E-state index in [2.05, 4.69) is 16.0 Å². The highest BCUT2D eigenvalue weighted by Crippen LogP contribution is 2.33. The maximum atomic E-state index is 12.8. The summed E-state index contributed by atoms with van der Waals surface area (Å²) in [6, 6.07) is 6.40. The Hall–Kier alpha value is -3.47. The molecule has 1 aliphatic heterocycles. The van der Waals surface area contributed by atoms with Gasteiger partial charge in [-0.15, -0.1) is 0 Å². The number of carboxylic acids is 1. The number of nitrogens with zero attached hydrogens (tertiary/aromatic N) is 2. The lowest BCUT2D eigenvalue weighted by Crippen LogP contribution is -2.41. The van der Waals surface area contributed by atoms with E-state index in [4.69, 9.17) is 5.11 Å². The number of nitrogens with one attached hydrogen (secondary N) is 3. The topological polar surface area (TPSA) is 134 Å². The third-order valence-corrected chi connectivity index (χ3v) is 5.24. The lowest BCUT2D eigenvalue weighted by Gasteiger charge is -2.19. The number of carbonyl (C=O) groups is 2. The predicted octanol–water partition coefficient (Wildman–Crippen LogP) is 1.18. The van der Waals surface area contributed by atoms with Gasteiger partial charge in [-0.25, -0.2) is 14.4 Å². The number of fused-ring (bicyclic) bond motifs is 1. The summed E-state index contributed by atoms with van der Waals surface area (Å²) in [5.74, 6) is -0.907. The monoisotopic (exact) mass is 417 g/mol. The molecule has 0 radical (unpaired) electrons. The number of amides is 2. The van der Waals surface area contributed by atoms with Crippen molar-refractivity contribution in [2.45, 2.75) is 18.4 Å². The highest BCUT2D eigenvalue weighted by molar-refractivity contribution is 8.04. The first-order valence-corrected chi connectivity index (χ1v) is 9.49. The number of aromatic nitrogens is 2. The Morgan fingerprint density at radius 3 is 2.52 bits per heavy atom. The zero-order valence-corrected chi connectivity index (χ0v) is 16.5. The van der Waals surface area contributed by atoms with Crippen molar-refractivity contribution in [3.05, 3.63) is 61.8 Å². The summed E-state index contributed by atoms with van der Waals surface area (Å²) in [5.41, 5.74) is 0.144. The molecule has 2 aromatic rings. The molecule has 3 rings (SSSR count). The quantitative estimate of drug-likeness (QED) is 0.574. The Morgan fingerprint density at radius 2 is 1.90 bits per heavy atom. The number of benzene rings is 1. The smallest absolute Gasteiger partial charge is 0.344 e. The first kappa shape index (κ1) is 20.3. The van der Waals surface area contributed by atoms with E-state index in [-0.39, 0.29) is 28.2 Å². The highest BCUT2D eigenvalue weighted by Gasteiger charge is 2.24. The van der Waals surface area contributed by atoms with Crippen molar-refractivity contribution >= 4 is 35.3 Å². The molecule has 29 heavy (non-hydrogen) atoms. The van der Waals surface area contributed by atoms with Gasteiger partial charge < -0.3 is 21.1 Å². The Balaban J connectivity index is 1.89. The van der Waals surface area contributed by atoms with Gasteiger partial charge in [0, 0.05) is 25.5 Å². The highest BCUT2D eigenvalue weighted by atomic mass is 32.2. The van der Waals surface area contributed by atoms with Gasteiger partial charge in [0.15, 0.2) is 0 Å². The molecule has 1 aromatic carbocycles. The maximum absolute atomic E-state index is 12.8. The van der Waals surface area contributed by atoms with Crippen molar-refractivity contribution < 1.29 is 14.7 Å².